The van der Waals surface area contributed by atoms with Gasteiger partial charge in [-0.25, -0.2) is 0 Å². The number of ketones is 1. The molecule has 4 nitrogen and oxygen atoms in total. The monoisotopic (exact) mass is 249 g/mol. The molecule has 0 bridgehead atoms. The summed E-state index contributed by atoms with van der Waals surface area (Å²) in [5.41, 5.74) is 2.26. The van der Waals surface area contributed by atoms with Gasteiger partial charge in [0.2, 0.25) is 5.78 Å². The second-order valence-corrected chi connectivity index (χ2v) is 4.25. The molecule has 1 aromatic rings. The van der Waals surface area contributed by atoms with E-state index in [0.717, 1.165) is 11.1 Å². The Kier molecular flexibility index (Phi) is 5.52. The van der Waals surface area contributed by atoms with Gasteiger partial charge in [0.05, 0.1) is 0 Å². The smallest absolute Gasteiger partial charge is 0.292 e. The first-order chi connectivity index (χ1) is 8.56. The number of rotatable bonds is 6. The number of aryl methyl sites for hydroxylation is 2. The lowest BCUT2D eigenvalue weighted by Crippen LogP contribution is -2.32. The van der Waals surface area contributed by atoms with Crippen molar-refractivity contribution >= 4 is 11.7 Å². The third-order valence-corrected chi connectivity index (χ3v) is 2.65. The molecule has 0 fully saturated rings. The fraction of sp³-hybridized carbons (Fsp3) is 0.429. The first kappa shape index (κ1) is 14.4. The van der Waals surface area contributed by atoms with E-state index in [-0.39, 0.29) is 0 Å². The quantitative estimate of drug-likeness (QED) is 0.473. The Bertz CT molecular complexity index is 441. The summed E-state index contributed by atoms with van der Waals surface area (Å²) in [4.78, 5) is 23.6. The van der Waals surface area contributed by atoms with Crippen LogP contribution >= 0.6 is 0 Å². The number of nitrogens with one attached hydrogen (secondary N) is 1. The summed E-state index contributed by atoms with van der Waals surface area (Å²) in [5.74, 6) is -1.03. The van der Waals surface area contributed by atoms with Crippen molar-refractivity contribution in [2.24, 2.45) is 0 Å². The third-order valence-electron chi connectivity index (χ3n) is 2.65. The predicted octanol–water partition coefficient (Wildman–Crippen LogP) is 1.64. The van der Waals surface area contributed by atoms with Gasteiger partial charge in [-0.1, -0.05) is 17.7 Å². The Morgan fingerprint density at radius 2 is 2.00 bits per heavy atom. The van der Waals surface area contributed by atoms with Crippen molar-refractivity contribution in [3.8, 4) is 0 Å². The minimum atomic E-state index is -0.556. The molecular formula is C14H19NO3. The summed E-state index contributed by atoms with van der Waals surface area (Å²) in [7, 11) is 1.60. The highest BCUT2D eigenvalue weighted by Crippen LogP contribution is 2.11. The molecule has 1 rings (SSSR count). The lowest BCUT2D eigenvalue weighted by atomic mass is 10.0. The number of Topliss-reactive ketones (excluding diaryl/α,β-unsaturated/α-hetero) is 1. The number of carbonyl (C=O) groups is 2. The molecule has 0 radical (unpaired) electrons. The average molecular weight is 249 g/mol. The van der Waals surface area contributed by atoms with Crippen LogP contribution < -0.4 is 5.32 Å². The van der Waals surface area contributed by atoms with Gasteiger partial charge in [-0.2, -0.15) is 0 Å². The molecule has 18 heavy (non-hydrogen) atoms. The van der Waals surface area contributed by atoms with E-state index in [2.05, 4.69) is 5.32 Å². The molecule has 0 saturated heterocycles. The van der Waals surface area contributed by atoms with Crippen molar-refractivity contribution in [3.05, 3.63) is 34.9 Å². The molecule has 1 aromatic carbocycles. The van der Waals surface area contributed by atoms with Crippen molar-refractivity contribution in [2.75, 3.05) is 20.3 Å². The highest BCUT2D eigenvalue weighted by molar-refractivity contribution is 6.43. The van der Waals surface area contributed by atoms with Gasteiger partial charge in [0.15, 0.2) is 0 Å². The predicted molar refractivity (Wildman–Crippen MR) is 69.7 cm³/mol. The van der Waals surface area contributed by atoms with Crippen molar-refractivity contribution in [1.29, 1.82) is 0 Å². The number of amides is 1. The van der Waals surface area contributed by atoms with Gasteiger partial charge in [-0.3, -0.25) is 9.59 Å². The molecule has 0 aliphatic rings. The maximum atomic E-state index is 11.9. The molecule has 98 valence electrons. The van der Waals surface area contributed by atoms with Crippen molar-refractivity contribution in [3.63, 3.8) is 0 Å². The highest BCUT2D eigenvalue weighted by Gasteiger charge is 2.17. The lowest BCUT2D eigenvalue weighted by molar-refractivity contribution is -0.117. The van der Waals surface area contributed by atoms with Gasteiger partial charge in [0, 0.05) is 25.8 Å². The van der Waals surface area contributed by atoms with E-state index in [4.69, 9.17) is 4.74 Å². The summed E-state index contributed by atoms with van der Waals surface area (Å²) in [6.45, 7) is 4.73. The maximum absolute atomic E-state index is 11.9. The third kappa shape index (κ3) is 3.96. The van der Waals surface area contributed by atoms with E-state index in [1.54, 1.807) is 13.2 Å². The Morgan fingerprint density at radius 1 is 1.28 bits per heavy atom. The van der Waals surface area contributed by atoms with Crippen LogP contribution in [0.15, 0.2) is 18.2 Å². The van der Waals surface area contributed by atoms with Crippen molar-refractivity contribution in [2.45, 2.75) is 20.3 Å². The van der Waals surface area contributed by atoms with Crippen LogP contribution in [-0.2, 0) is 9.53 Å². The standard InChI is InChI=1S/C14H19NO3/c1-10-5-6-11(2)12(9-10)13(16)14(17)15-7-4-8-18-3/h5-6,9H,4,7-8H2,1-3H3,(H,15,17). The Balaban J connectivity index is 2.63. The summed E-state index contributed by atoms with van der Waals surface area (Å²) in [6, 6.07) is 5.51. The van der Waals surface area contributed by atoms with E-state index in [0.29, 0.717) is 25.1 Å². The number of methoxy groups -OCH3 is 1. The van der Waals surface area contributed by atoms with Gasteiger partial charge < -0.3 is 10.1 Å². The summed E-state index contributed by atoms with van der Waals surface area (Å²) < 4.78 is 4.87. The van der Waals surface area contributed by atoms with E-state index in [9.17, 15) is 9.59 Å². The number of ether oxygens (including phenoxy) is 1. The molecule has 0 spiro atoms. The second kappa shape index (κ2) is 6.91. The normalized spacial score (nSPS) is 10.2. The van der Waals surface area contributed by atoms with Crippen LogP contribution in [0.4, 0.5) is 0 Å². The number of hydrogen-bond acceptors (Lipinski definition) is 3. The molecule has 0 heterocycles. The summed E-state index contributed by atoms with van der Waals surface area (Å²) in [5, 5.41) is 2.59. The van der Waals surface area contributed by atoms with Crippen molar-refractivity contribution in [1.82, 2.24) is 5.32 Å². The topological polar surface area (TPSA) is 55.4 Å². The Labute approximate surface area is 107 Å². The zero-order valence-electron chi connectivity index (χ0n) is 11.1. The van der Waals surface area contributed by atoms with E-state index >= 15 is 0 Å². The van der Waals surface area contributed by atoms with Gasteiger partial charge in [0.1, 0.15) is 0 Å². The Morgan fingerprint density at radius 3 is 2.67 bits per heavy atom. The van der Waals surface area contributed by atoms with E-state index in [1.807, 2.05) is 26.0 Å². The lowest BCUT2D eigenvalue weighted by Gasteiger charge is -2.07. The first-order valence-corrected chi connectivity index (χ1v) is 5.95. The van der Waals surface area contributed by atoms with Crippen LogP contribution in [0.5, 0.6) is 0 Å². The van der Waals surface area contributed by atoms with Gasteiger partial charge in [-0.15, -0.1) is 0 Å². The van der Waals surface area contributed by atoms with Crippen LogP contribution in [0.1, 0.15) is 27.9 Å². The molecule has 0 unspecified atom stereocenters. The zero-order chi connectivity index (χ0) is 13.5. The fourth-order valence-corrected chi connectivity index (χ4v) is 1.60. The number of benzene rings is 1. The van der Waals surface area contributed by atoms with Gasteiger partial charge in [0.25, 0.3) is 5.91 Å². The van der Waals surface area contributed by atoms with E-state index in [1.165, 1.54) is 0 Å². The largest absolute Gasteiger partial charge is 0.385 e. The van der Waals surface area contributed by atoms with Crippen LogP contribution in [0.25, 0.3) is 0 Å². The summed E-state index contributed by atoms with van der Waals surface area (Å²) in [6.07, 6.45) is 0.697. The van der Waals surface area contributed by atoms with Crippen LogP contribution in [0.3, 0.4) is 0 Å². The zero-order valence-corrected chi connectivity index (χ0v) is 11.1. The molecule has 1 N–H and O–H groups in total. The van der Waals surface area contributed by atoms with Crippen LogP contribution in [-0.4, -0.2) is 32.0 Å². The molecule has 0 aromatic heterocycles. The second-order valence-electron chi connectivity index (χ2n) is 4.25. The van der Waals surface area contributed by atoms with Crippen LogP contribution in [0, 0.1) is 13.8 Å². The molecule has 0 atom stereocenters. The Hall–Kier alpha value is -1.68. The SMILES string of the molecule is COCCCNC(=O)C(=O)c1cc(C)ccc1C. The van der Waals surface area contributed by atoms with Crippen molar-refractivity contribution < 1.29 is 14.3 Å². The average Bonchev–Trinajstić information content (AvgIpc) is 2.36. The minimum Gasteiger partial charge on any atom is -0.385 e. The van der Waals surface area contributed by atoms with E-state index < -0.39 is 11.7 Å². The van der Waals surface area contributed by atoms with Gasteiger partial charge >= 0.3 is 0 Å². The maximum Gasteiger partial charge on any atom is 0.292 e. The molecule has 0 aliphatic heterocycles. The number of hydrogen-bond donors (Lipinski definition) is 1. The fourth-order valence-electron chi connectivity index (χ4n) is 1.60. The molecule has 1 amide bonds. The van der Waals surface area contributed by atoms with Crippen LogP contribution in [0.2, 0.25) is 0 Å². The molecular weight excluding hydrogens is 230 g/mol. The molecule has 0 saturated carbocycles. The molecule has 0 aliphatic carbocycles. The highest BCUT2D eigenvalue weighted by atomic mass is 16.5. The number of carbonyl (C=O) groups excluding carboxylic acids is 2. The minimum absolute atomic E-state index is 0.448. The summed E-state index contributed by atoms with van der Waals surface area (Å²) >= 11 is 0. The first-order valence-electron chi connectivity index (χ1n) is 5.95. The van der Waals surface area contributed by atoms with Gasteiger partial charge in [-0.05, 0) is 31.9 Å². The molecule has 4 heteroatoms.